The van der Waals surface area contributed by atoms with E-state index in [2.05, 4.69) is 15.4 Å². The predicted molar refractivity (Wildman–Crippen MR) is 38.0 cm³/mol. The van der Waals surface area contributed by atoms with Crippen molar-refractivity contribution >= 4 is 21.6 Å². The standard InChI is InChI=1S/C5H3N3OS/c9-4-3-1-2-10-5(3)7-8-6-4/h1-2H,(H,6,7,9). The van der Waals surface area contributed by atoms with E-state index in [4.69, 9.17) is 0 Å². The lowest BCUT2D eigenvalue weighted by Crippen LogP contribution is -2.07. The summed E-state index contributed by atoms with van der Waals surface area (Å²) in [6.45, 7) is 0. The van der Waals surface area contributed by atoms with Crippen LogP contribution in [-0.4, -0.2) is 15.4 Å². The number of H-pyrrole nitrogens is 1. The van der Waals surface area contributed by atoms with E-state index in [-0.39, 0.29) is 5.56 Å². The molecule has 2 aromatic rings. The van der Waals surface area contributed by atoms with E-state index in [1.807, 2.05) is 5.38 Å². The maximum Gasteiger partial charge on any atom is 0.275 e. The van der Waals surface area contributed by atoms with Crippen LogP contribution in [0, 0.1) is 0 Å². The molecule has 0 aliphatic heterocycles. The van der Waals surface area contributed by atoms with Crippen LogP contribution < -0.4 is 5.56 Å². The molecule has 2 heterocycles. The number of aromatic amines is 1. The van der Waals surface area contributed by atoms with Crippen molar-refractivity contribution in [2.75, 3.05) is 0 Å². The number of nitrogens with zero attached hydrogens (tertiary/aromatic N) is 2. The minimum absolute atomic E-state index is 0.175. The Kier molecular flexibility index (Phi) is 1.04. The average molecular weight is 153 g/mol. The first-order valence-corrected chi connectivity index (χ1v) is 3.54. The van der Waals surface area contributed by atoms with Crippen LogP contribution >= 0.6 is 11.3 Å². The van der Waals surface area contributed by atoms with Gasteiger partial charge in [-0.15, -0.1) is 16.4 Å². The maximum atomic E-state index is 10.9. The van der Waals surface area contributed by atoms with Crippen molar-refractivity contribution in [2.45, 2.75) is 0 Å². The zero-order valence-corrected chi connectivity index (χ0v) is 5.68. The van der Waals surface area contributed by atoms with Crippen molar-refractivity contribution < 1.29 is 0 Å². The topological polar surface area (TPSA) is 58.6 Å². The average Bonchev–Trinajstić information content (AvgIpc) is 2.36. The molecule has 1 N–H and O–H groups in total. The van der Waals surface area contributed by atoms with Gasteiger partial charge in [0.25, 0.3) is 5.56 Å². The number of aromatic nitrogens is 3. The van der Waals surface area contributed by atoms with Crippen molar-refractivity contribution in [3.05, 3.63) is 21.8 Å². The number of thiophene rings is 1. The minimum atomic E-state index is -0.175. The van der Waals surface area contributed by atoms with Crippen LogP contribution in [0.4, 0.5) is 0 Å². The third-order valence-electron chi connectivity index (χ3n) is 1.18. The van der Waals surface area contributed by atoms with Gasteiger partial charge >= 0.3 is 0 Å². The molecule has 0 radical (unpaired) electrons. The molecule has 0 aliphatic rings. The highest BCUT2D eigenvalue weighted by atomic mass is 32.1. The van der Waals surface area contributed by atoms with Gasteiger partial charge in [-0.3, -0.25) is 4.79 Å². The molecule has 5 heteroatoms. The second-order valence-electron chi connectivity index (χ2n) is 1.78. The van der Waals surface area contributed by atoms with Crippen molar-refractivity contribution in [3.63, 3.8) is 0 Å². The summed E-state index contributed by atoms with van der Waals surface area (Å²) in [7, 11) is 0. The van der Waals surface area contributed by atoms with E-state index in [9.17, 15) is 4.79 Å². The molecular formula is C5H3N3OS. The summed E-state index contributed by atoms with van der Waals surface area (Å²) in [6, 6.07) is 1.73. The second kappa shape index (κ2) is 1.88. The van der Waals surface area contributed by atoms with Gasteiger partial charge in [-0.1, -0.05) is 5.21 Å². The van der Waals surface area contributed by atoms with Crippen LogP contribution in [0.5, 0.6) is 0 Å². The molecule has 0 amide bonds. The summed E-state index contributed by atoms with van der Waals surface area (Å²) >= 11 is 1.41. The maximum absolute atomic E-state index is 10.9. The lowest BCUT2D eigenvalue weighted by Gasteiger charge is -1.80. The molecule has 0 atom stereocenters. The van der Waals surface area contributed by atoms with E-state index in [0.717, 1.165) is 0 Å². The van der Waals surface area contributed by atoms with Crippen LogP contribution in [-0.2, 0) is 0 Å². The smallest absolute Gasteiger partial charge is 0.267 e. The van der Waals surface area contributed by atoms with Gasteiger partial charge in [0.05, 0.1) is 5.39 Å². The molecule has 0 bridgehead atoms. The number of nitrogens with one attached hydrogen (secondary N) is 1. The summed E-state index contributed by atoms with van der Waals surface area (Å²) in [4.78, 5) is 11.6. The molecule has 0 spiro atoms. The predicted octanol–water partition coefficient (Wildman–Crippen LogP) is 0.380. The quantitative estimate of drug-likeness (QED) is 0.595. The molecule has 10 heavy (non-hydrogen) atoms. The number of fused-ring (bicyclic) bond motifs is 1. The molecule has 0 aromatic carbocycles. The fourth-order valence-electron chi connectivity index (χ4n) is 0.728. The van der Waals surface area contributed by atoms with Gasteiger partial charge in [-0.25, -0.2) is 5.10 Å². The summed E-state index contributed by atoms with van der Waals surface area (Å²) in [6.07, 6.45) is 0. The Morgan fingerprint density at radius 3 is 3.30 bits per heavy atom. The first-order chi connectivity index (χ1) is 4.88. The molecule has 0 saturated carbocycles. The Bertz CT molecular complexity index is 404. The van der Waals surface area contributed by atoms with Gasteiger partial charge in [-0.2, -0.15) is 0 Å². The highest BCUT2D eigenvalue weighted by Crippen LogP contribution is 2.11. The van der Waals surface area contributed by atoms with Gasteiger partial charge in [-0.05, 0) is 11.4 Å². The summed E-state index contributed by atoms with van der Waals surface area (Å²) < 4.78 is 0. The molecule has 0 fully saturated rings. The second-order valence-corrected chi connectivity index (χ2v) is 2.67. The fourth-order valence-corrected chi connectivity index (χ4v) is 1.44. The highest BCUT2D eigenvalue weighted by molar-refractivity contribution is 7.16. The van der Waals surface area contributed by atoms with Crippen LogP contribution in [0.15, 0.2) is 16.2 Å². The lowest BCUT2D eigenvalue weighted by atomic mass is 10.4. The molecule has 0 saturated heterocycles. The Morgan fingerprint density at radius 1 is 1.60 bits per heavy atom. The monoisotopic (exact) mass is 153 g/mol. The lowest BCUT2D eigenvalue weighted by molar-refractivity contribution is 0.877. The first kappa shape index (κ1) is 5.55. The van der Waals surface area contributed by atoms with Gasteiger partial charge < -0.3 is 0 Å². The number of hydrogen-bond acceptors (Lipinski definition) is 4. The Balaban J connectivity index is 3.09. The normalized spacial score (nSPS) is 10.4. The highest BCUT2D eigenvalue weighted by Gasteiger charge is 1.98. The van der Waals surface area contributed by atoms with Crippen LogP contribution in [0.3, 0.4) is 0 Å². The summed E-state index contributed by atoms with van der Waals surface area (Å²) in [5.41, 5.74) is -0.175. The molecule has 4 nitrogen and oxygen atoms in total. The fraction of sp³-hybridized carbons (Fsp3) is 0. The van der Waals surface area contributed by atoms with Crippen LogP contribution in [0.2, 0.25) is 0 Å². The number of rotatable bonds is 0. The molecule has 2 aromatic heterocycles. The first-order valence-electron chi connectivity index (χ1n) is 2.66. The molecule has 50 valence electrons. The minimum Gasteiger partial charge on any atom is -0.267 e. The van der Waals surface area contributed by atoms with Crippen molar-refractivity contribution in [1.29, 1.82) is 0 Å². The summed E-state index contributed by atoms with van der Waals surface area (Å²) in [5, 5.41) is 11.8. The van der Waals surface area contributed by atoms with Crippen molar-refractivity contribution in [3.8, 4) is 0 Å². The van der Waals surface area contributed by atoms with Crippen molar-refractivity contribution in [1.82, 2.24) is 15.4 Å². The third kappa shape index (κ3) is 0.640. The van der Waals surface area contributed by atoms with Gasteiger partial charge in [0.1, 0.15) is 0 Å². The zero-order valence-electron chi connectivity index (χ0n) is 4.87. The Labute approximate surface area is 59.5 Å². The van der Waals surface area contributed by atoms with Gasteiger partial charge in [0.15, 0.2) is 4.83 Å². The van der Waals surface area contributed by atoms with Gasteiger partial charge in [0.2, 0.25) is 0 Å². The van der Waals surface area contributed by atoms with E-state index in [0.29, 0.717) is 10.2 Å². The van der Waals surface area contributed by atoms with E-state index >= 15 is 0 Å². The van der Waals surface area contributed by atoms with E-state index < -0.39 is 0 Å². The van der Waals surface area contributed by atoms with E-state index in [1.165, 1.54) is 11.3 Å². The molecule has 0 aliphatic carbocycles. The molecular weight excluding hydrogens is 150 g/mol. The van der Waals surface area contributed by atoms with E-state index in [1.54, 1.807) is 6.07 Å². The third-order valence-corrected chi connectivity index (χ3v) is 1.98. The number of hydrogen-bond donors (Lipinski definition) is 1. The molecule has 2 rings (SSSR count). The Hall–Kier alpha value is -1.23. The van der Waals surface area contributed by atoms with Gasteiger partial charge in [0, 0.05) is 0 Å². The van der Waals surface area contributed by atoms with Crippen LogP contribution in [0.1, 0.15) is 0 Å². The Morgan fingerprint density at radius 2 is 2.50 bits per heavy atom. The largest absolute Gasteiger partial charge is 0.275 e. The van der Waals surface area contributed by atoms with Crippen LogP contribution in [0.25, 0.3) is 10.2 Å². The molecule has 0 unspecified atom stereocenters. The zero-order chi connectivity index (χ0) is 6.97. The summed E-state index contributed by atoms with van der Waals surface area (Å²) in [5.74, 6) is 0. The van der Waals surface area contributed by atoms with Crippen molar-refractivity contribution in [2.24, 2.45) is 0 Å². The SMILES string of the molecule is O=c1[nH]nnc2sccc12.